The Bertz CT molecular complexity index is 1200. The lowest BCUT2D eigenvalue weighted by Gasteiger charge is -2.22. The number of nitroso groups, excluding NO2 is 1. The van der Waals surface area contributed by atoms with E-state index in [2.05, 4.69) is 10.6 Å². The molecule has 3 rings (SSSR count). The number of unbranched alkanes of at least 4 members (excludes halogenated alkanes) is 1. The van der Waals surface area contributed by atoms with Crippen molar-refractivity contribution in [1.29, 1.82) is 0 Å². The Balaban J connectivity index is 2.07. The van der Waals surface area contributed by atoms with Crippen LogP contribution in [0.2, 0.25) is 0 Å². The minimum atomic E-state index is -1.03. The van der Waals surface area contributed by atoms with Gasteiger partial charge in [0, 0.05) is 19.2 Å². The van der Waals surface area contributed by atoms with Gasteiger partial charge < -0.3 is 30.4 Å². The van der Waals surface area contributed by atoms with Crippen molar-refractivity contribution in [2.45, 2.75) is 44.2 Å². The second-order valence-electron chi connectivity index (χ2n) is 8.88. The lowest BCUT2D eigenvalue weighted by atomic mass is 9.95. The minimum Gasteiger partial charge on any atom is -0.493 e. The lowest BCUT2D eigenvalue weighted by molar-refractivity contribution is -0.138. The molecule has 1 aliphatic rings. The summed E-state index contributed by atoms with van der Waals surface area (Å²) in [5, 5.41) is 16.5. The topological polar surface area (TPSA) is 153 Å². The maximum Gasteiger partial charge on any atom is 0.320 e. The van der Waals surface area contributed by atoms with Gasteiger partial charge in [0.05, 0.1) is 38.3 Å². The number of methoxy groups -OCH3 is 3. The Morgan fingerprint density at radius 2 is 1.92 bits per heavy atom. The maximum atomic E-state index is 13.2. The molecule has 200 valence electrons. The van der Waals surface area contributed by atoms with Crippen molar-refractivity contribution in [1.82, 2.24) is 5.01 Å². The van der Waals surface area contributed by atoms with Gasteiger partial charge in [0.1, 0.15) is 6.04 Å². The third-order valence-corrected chi connectivity index (χ3v) is 6.66. The Kier molecular flexibility index (Phi) is 9.29. The number of anilines is 1. The molecule has 2 atom stereocenters. The summed E-state index contributed by atoms with van der Waals surface area (Å²) in [5.74, 6) is 0.403. The van der Waals surface area contributed by atoms with Gasteiger partial charge in [-0.2, -0.15) is 0 Å². The summed E-state index contributed by atoms with van der Waals surface area (Å²) in [6.45, 7) is 0.473. The molecule has 0 amide bonds. The SMILES string of the molecule is COc1cc2c(c(OC)c1OC)-c1ccc(NCCCC[C@@H](N)C(=O)O)c(=O)cc1[C@H](N(C)N=O)CC2. The molecule has 0 saturated heterocycles. The van der Waals surface area contributed by atoms with Crippen molar-refractivity contribution in [3.05, 3.63) is 50.5 Å². The van der Waals surface area contributed by atoms with E-state index in [1.165, 1.54) is 18.2 Å². The number of rotatable bonds is 12. The summed E-state index contributed by atoms with van der Waals surface area (Å²) in [4.78, 5) is 35.7. The van der Waals surface area contributed by atoms with E-state index >= 15 is 0 Å². The molecular formula is C26H34N4O7. The Morgan fingerprint density at radius 1 is 1.19 bits per heavy atom. The smallest absolute Gasteiger partial charge is 0.320 e. The fourth-order valence-corrected chi connectivity index (χ4v) is 4.72. The number of nitrogens with two attached hydrogens (primary N) is 1. The highest BCUT2D eigenvalue weighted by Gasteiger charge is 2.31. The molecule has 0 bridgehead atoms. The van der Waals surface area contributed by atoms with Crippen LogP contribution in [0.3, 0.4) is 0 Å². The standard InChI is InChI=1S/C26H34N4O7/c1-30(29-34)20-11-8-15-13-22(35-2)24(36-3)25(37-4)23(15)16-9-10-19(21(31)14-17(16)20)28-12-6-5-7-18(27)26(32)33/h9-10,13-14,18,20H,5-8,11-12,27H2,1-4H3,(H,28,31)(H,32,33)/t18-,20-/m1/s1. The van der Waals surface area contributed by atoms with Crippen molar-refractivity contribution >= 4 is 11.7 Å². The zero-order chi connectivity index (χ0) is 27.1. The molecule has 0 unspecified atom stereocenters. The van der Waals surface area contributed by atoms with Crippen LogP contribution < -0.4 is 30.7 Å². The third-order valence-electron chi connectivity index (χ3n) is 6.66. The number of aliphatic carboxylic acids is 1. The van der Waals surface area contributed by atoms with Crippen molar-refractivity contribution in [2.24, 2.45) is 11.0 Å². The highest BCUT2D eigenvalue weighted by molar-refractivity contribution is 5.83. The molecule has 37 heavy (non-hydrogen) atoms. The van der Waals surface area contributed by atoms with Gasteiger partial charge in [-0.25, -0.2) is 0 Å². The summed E-state index contributed by atoms with van der Waals surface area (Å²) in [7, 11) is 6.22. The second kappa shape index (κ2) is 12.4. The minimum absolute atomic E-state index is 0.240. The van der Waals surface area contributed by atoms with Crippen LogP contribution in [-0.2, 0) is 11.2 Å². The van der Waals surface area contributed by atoms with Crippen molar-refractivity contribution in [2.75, 3.05) is 40.2 Å². The Morgan fingerprint density at radius 3 is 2.54 bits per heavy atom. The Labute approximate surface area is 215 Å². The largest absolute Gasteiger partial charge is 0.493 e. The maximum absolute atomic E-state index is 13.2. The van der Waals surface area contributed by atoms with Crippen LogP contribution in [0, 0.1) is 4.91 Å². The first-order chi connectivity index (χ1) is 17.8. The summed E-state index contributed by atoms with van der Waals surface area (Å²) in [6.07, 6.45) is 2.73. The molecule has 11 nitrogen and oxygen atoms in total. The van der Waals surface area contributed by atoms with Gasteiger partial charge in [-0.3, -0.25) is 14.6 Å². The number of nitrogens with one attached hydrogen (secondary N) is 1. The first-order valence-electron chi connectivity index (χ1n) is 12.1. The molecule has 0 spiro atoms. The van der Waals surface area contributed by atoms with Crippen molar-refractivity contribution in [3.8, 4) is 28.4 Å². The number of carboxylic acids is 1. The number of carboxylic acid groups (broad SMARTS) is 1. The summed E-state index contributed by atoms with van der Waals surface area (Å²) >= 11 is 0. The molecule has 0 fully saturated rings. The first-order valence-corrected chi connectivity index (χ1v) is 12.1. The van der Waals surface area contributed by atoms with E-state index in [-0.39, 0.29) is 5.43 Å². The fourth-order valence-electron chi connectivity index (χ4n) is 4.72. The van der Waals surface area contributed by atoms with Crippen LogP contribution in [0.15, 0.2) is 34.3 Å². The average molecular weight is 515 g/mol. The molecule has 2 aromatic carbocycles. The molecule has 0 heterocycles. The van der Waals surface area contributed by atoms with Crippen LogP contribution in [0.4, 0.5) is 5.69 Å². The number of benzene rings is 1. The molecule has 0 radical (unpaired) electrons. The molecular weight excluding hydrogens is 480 g/mol. The van der Waals surface area contributed by atoms with Crippen LogP contribution in [0.5, 0.6) is 17.2 Å². The van der Waals surface area contributed by atoms with Gasteiger partial charge in [-0.05, 0) is 67.0 Å². The number of aryl methyl sites for hydroxylation is 1. The van der Waals surface area contributed by atoms with Gasteiger partial charge >= 0.3 is 5.97 Å². The Hall–Kier alpha value is -3.86. The number of nitrogens with zero attached hydrogens (tertiary/aromatic N) is 2. The van der Waals surface area contributed by atoms with E-state index in [1.54, 1.807) is 27.3 Å². The van der Waals surface area contributed by atoms with E-state index in [9.17, 15) is 14.5 Å². The van der Waals surface area contributed by atoms with Gasteiger partial charge in [0.15, 0.2) is 11.5 Å². The third kappa shape index (κ3) is 5.93. The number of hydrogen-bond donors (Lipinski definition) is 3. The van der Waals surface area contributed by atoms with Gasteiger partial charge in [0.25, 0.3) is 0 Å². The molecule has 11 heteroatoms. The van der Waals surface area contributed by atoms with Crippen LogP contribution in [0.1, 0.15) is 42.9 Å². The second-order valence-corrected chi connectivity index (χ2v) is 8.88. The number of fused-ring (bicyclic) bond motifs is 3. The highest BCUT2D eigenvalue weighted by atomic mass is 16.5. The molecule has 0 saturated carbocycles. The normalized spacial score (nSPS) is 14.9. The lowest BCUT2D eigenvalue weighted by Crippen LogP contribution is -2.29. The van der Waals surface area contributed by atoms with E-state index in [1.807, 2.05) is 12.1 Å². The fraction of sp³-hybridized carbons (Fsp3) is 0.462. The van der Waals surface area contributed by atoms with E-state index in [0.717, 1.165) is 16.7 Å². The van der Waals surface area contributed by atoms with Crippen LogP contribution >= 0.6 is 0 Å². The molecule has 2 aromatic rings. The van der Waals surface area contributed by atoms with E-state index in [0.29, 0.717) is 67.1 Å². The van der Waals surface area contributed by atoms with Crippen LogP contribution in [0.25, 0.3) is 11.1 Å². The highest BCUT2D eigenvalue weighted by Crippen LogP contribution is 2.50. The first kappa shape index (κ1) is 27.7. The quantitative estimate of drug-likeness (QED) is 0.218. The number of carbonyl (C=O) groups is 1. The van der Waals surface area contributed by atoms with Gasteiger partial charge in [-0.15, -0.1) is 4.91 Å². The molecule has 0 aliphatic heterocycles. The molecule has 4 N–H and O–H groups in total. The summed E-state index contributed by atoms with van der Waals surface area (Å²) in [5.41, 5.74) is 8.77. The van der Waals surface area contributed by atoms with Crippen molar-refractivity contribution < 1.29 is 24.1 Å². The molecule has 0 aromatic heterocycles. The van der Waals surface area contributed by atoms with Crippen molar-refractivity contribution in [3.63, 3.8) is 0 Å². The molecule has 1 aliphatic carbocycles. The summed E-state index contributed by atoms with van der Waals surface area (Å²) in [6, 6.07) is 5.64. The number of ether oxygens (including phenoxy) is 3. The van der Waals surface area contributed by atoms with Crippen LogP contribution in [-0.4, -0.2) is 57.0 Å². The van der Waals surface area contributed by atoms with Gasteiger partial charge in [0.2, 0.25) is 11.2 Å². The summed E-state index contributed by atoms with van der Waals surface area (Å²) < 4.78 is 16.9. The monoisotopic (exact) mass is 514 g/mol. The predicted molar refractivity (Wildman–Crippen MR) is 140 cm³/mol. The zero-order valence-corrected chi connectivity index (χ0v) is 21.6. The van der Waals surface area contributed by atoms with Gasteiger partial charge in [-0.1, -0.05) is 6.07 Å². The van der Waals surface area contributed by atoms with E-state index < -0.39 is 18.1 Å². The number of hydrogen-bond acceptors (Lipinski definition) is 9. The predicted octanol–water partition coefficient (Wildman–Crippen LogP) is 3.33. The average Bonchev–Trinajstić information content (AvgIpc) is 3.14. The zero-order valence-electron chi connectivity index (χ0n) is 21.6. The van der Waals surface area contributed by atoms with E-state index in [4.69, 9.17) is 25.1 Å².